The van der Waals surface area contributed by atoms with Crippen LogP contribution in [0.1, 0.15) is 22.3 Å². The van der Waals surface area contributed by atoms with Gasteiger partial charge in [-0.2, -0.15) is 0 Å². The average Bonchev–Trinajstić information content (AvgIpc) is 2.89. The Morgan fingerprint density at radius 3 is 2.00 bits per heavy atom. The Hall–Kier alpha value is -3.41. The van der Waals surface area contributed by atoms with Crippen molar-refractivity contribution in [1.82, 2.24) is 0 Å². The molecule has 154 valence electrons. The molecule has 7 rings (SSSR count). The average molecular weight is 430 g/mol. The Morgan fingerprint density at radius 1 is 0.625 bits per heavy atom. The van der Waals surface area contributed by atoms with Gasteiger partial charge >= 0.3 is 0 Å². The molecule has 2 atom stereocenters. The fourth-order valence-corrected chi connectivity index (χ4v) is 8.00. The molecule has 0 saturated carbocycles. The lowest BCUT2D eigenvalue weighted by atomic mass is 9.72. The third-order valence-electron chi connectivity index (χ3n) is 6.49. The predicted molar refractivity (Wildman–Crippen MR) is 136 cm³/mol. The van der Waals surface area contributed by atoms with Gasteiger partial charge in [0, 0.05) is 0 Å². The molecular formula is C30H23OP. The number of ether oxygens (including phenoxy) is 1. The molecule has 4 aromatic rings. The van der Waals surface area contributed by atoms with E-state index in [0.717, 1.165) is 5.75 Å². The van der Waals surface area contributed by atoms with E-state index in [4.69, 9.17) is 4.74 Å². The highest BCUT2D eigenvalue weighted by molar-refractivity contribution is 7.84. The summed E-state index contributed by atoms with van der Waals surface area (Å²) in [5.41, 5.74) is 4.96. The molecule has 2 heteroatoms. The molecule has 3 aliphatic heterocycles. The number of rotatable bonds is 4. The van der Waals surface area contributed by atoms with Gasteiger partial charge in [0.05, 0.1) is 12.5 Å². The van der Waals surface area contributed by atoms with Crippen LogP contribution in [0.3, 0.4) is 0 Å². The Morgan fingerprint density at radius 2 is 1.25 bits per heavy atom. The summed E-state index contributed by atoms with van der Waals surface area (Å²) in [4.78, 5) is 0. The van der Waals surface area contributed by atoms with Crippen LogP contribution in [0.5, 0.6) is 5.75 Å². The molecule has 0 N–H and O–H groups in total. The number of benzene rings is 4. The second-order valence-electron chi connectivity index (χ2n) is 8.24. The Kier molecular flexibility index (Phi) is 4.59. The lowest BCUT2D eigenvalue weighted by Gasteiger charge is -2.46. The smallest absolute Gasteiger partial charge is 0.119 e. The highest BCUT2D eigenvalue weighted by Gasteiger charge is 2.45. The standard InChI is InChI=1S/C30H23OP/c1-31-25-16-10-13-23(19-25)29-21-30(24-14-6-3-7-15-24)20-28(22-11-4-2-5-12-22)32(29)27-18-9-8-17-26(27)30/h2-21H,1H3/t30-,32?/m1/s1. The third kappa shape index (κ3) is 2.89. The molecule has 3 aliphatic rings. The first-order valence-electron chi connectivity index (χ1n) is 10.9. The molecule has 0 aliphatic carbocycles. The summed E-state index contributed by atoms with van der Waals surface area (Å²) in [5.74, 6) is 0.897. The molecule has 0 spiro atoms. The highest BCUT2D eigenvalue weighted by atomic mass is 31.1. The van der Waals surface area contributed by atoms with E-state index in [1.54, 1.807) is 7.11 Å². The second kappa shape index (κ2) is 7.62. The normalized spacial score (nSPS) is 20.8. The topological polar surface area (TPSA) is 9.23 Å². The van der Waals surface area contributed by atoms with Crippen LogP contribution >= 0.6 is 7.92 Å². The van der Waals surface area contributed by atoms with Crippen molar-refractivity contribution < 1.29 is 4.74 Å². The van der Waals surface area contributed by atoms with Gasteiger partial charge < -0.3 is 4.74 Å². The maximum absolute atomic E-state index is 5.58. The molecule has 3 heterocycles. The van der Waals surface area contributed by atoms with Crippen LogP contribution in [0.25, 0.3) is 10.6 Å². The summed E-state index contributed by atoms with van der Waals surface area (Å²) < 4.78 is 5.58. The van der Waals surface area contributed by atoms with E-state index in [9.17, 15) is 0 Å². The first-order valence-corrected chi connectivity index (χ1v) is 12.2. The molecule has 0 amide bonds. The van der Waals surface area contributed by atoms with Crippen LogP contribution in [0.4, 0.5) is 0 Å². The number of hydrogen-bond acceptors (Lipinski definition) is 1. The molecule has 2 bridgehead atoms. The van der Waals surface area contributed by atoms with Gasteiger partial charge in [0.15, 0.2) is 0 Å². The predicted octanol–water partition coefficient (Wildman–Crippen LogP) is 7.20. The summed E-state index contributed by atoms with van der Waals surface area (Å²) >= 11 is 0. The lowest BCUT2D eigenvalue weighted by molar-refractivity contribution is 0.414. The highest BCUT2D eigenvalue weighted by Crippen LogP contribution is 2.69. The largest absolute Gasteiger partial charge is 0.497 e. The molecule has 0 saturated heterocycles. The number of methoxy groups -OCH3 is 1. The molecular weight excluding hydrogens is 407 g/mol. The van der Waals surface area contributed by atoms with Gasteiger partial charge in [0.1, 0.15) is 5.75 Å². The van der Waals surface area contributed by atoms with Gasteiger partial charge in [-0.3, -0.25) is 0 Å². The van der Waals surface area contributed by atoms with Gasteiger partial charge in [-0.25, -0.2) is 0 Å². The molecule has 1 nitrogen and oxygen atoms in total. The van der Waals surface area contributed by atoms with E-state index in [0.29, 0.717) is 0 Å². The fourth-order valence-electron chi connectivity index (χ4n) is 5.02. The van der Waals surface area contributed by atoms with Crippen molar-refractivity contribution in [3.63, 3.8) is 0 Å². The Balaban J connectivity index is 1.68. The zero-order valence-electron chi connectivity index (χ0n) is 17.9. The first-order chi connectivity index (χ1) is 15.8. The lowest BCUT2D eigenvalue weighted by Crippen LogP contribution is -2.36. The summed E-state index contributed by atoms with van der Waals surface area (Å²) in [7, 11) is 1.07. The number of allylic oxidation sites excluding steroid dienone is 2. The summed E-state index contributed by atoms with van der Waals surface area (Å²) in [6.45, 7) is 0. The summed E-state index contributed by atoms with van der Waals surface area (Å²) in [6, 6.07) is 39.3. The Bertz CT molecular complexity index is 1350. The monoisotopic (exact) mass is 430 g/mol. The SMILES string of the molecule is COc1cccc(C2=C[C@@]3(c4ccccc4)C=C(c4ccccc4)P2c2ccccc23)c1. The van der Waals surface area contributed by atoms with Crippen LogP contribution in [-0.2, 0) is 5.41 Å². The maximum atomic E-state index is 5.58. The van der Waals surface area contributed by atoms with Crippen molar-refractivity contribution in [2.24, 2.45) is 0 Å². The van der Waals surface area contributed by atoms with Crippen LogP contribution in [0, 0.1) is 0 Å². The van der Waals surface area contributed by atoms with Gasteiger partial charge in [-0.15, -0.1) is 0 Å². The van der Waals surface area contributed by atoms with E-state index in [1.165, 1.54) is 38.2 Å². The van der Waals surface area contributed by atoms with Crippen molar-refractivity contribution in [1.29, 1.82) is 0 Å². The van der Waals surface area contributed by atoms with Crippen LogP contribution in [0.15, 0.2) is 121 Å². The second-order valence-corrected chi connectivity index (χ2v) is 10.4. The van der Waals surface area contributed by atoms with E-state index in [1.807, 2.05) is 6.07 Å². The van der Waals surface area contributed by atoms with Gasteiger partial charge in [-0.05, 0) is 58.2 Å². The van der Waals surface area contributed by atoms with E-state index in [-0.39, 0.29) is 5.41 Å². The molecule has 0 radical (unpaired) electrons. The molecule has 1 unspecified atom stereocenters. The summed E-state index contributed by atoms with van der Waals surface area (Å²) in [5, 5.41) is 4.29. The fraction of sp³-hybridized carbons (Fsp3) is 0.0667. The van der Waals surface area contributed by atoms with Crippen LogP contribution in [0.2, 0.25) is 0 Å². The van der Waals surface area contributed by atoms with Crippen molar-refractivity contribution >= 4 is 23.9 Å². The van der Waals surface area contributed by atoms with Crippen molar-refractivity contribution in [3.8, 4) is 5.75 Å². The van der Waals surface area contributed by atoms with E-state index in [2.05, 4.69) is 115 Å². The van der Waals surface area contributed by atoms with Crippen molar-refractivity contribution in [3.05, 3.63) is 144 Å². The minimum Gasteiger partial charge on any atom is -0.497 e. The first kappa shape index (κ1) is 19.3. The van der Waals surface area contributed by atoms with Gasteiger partial charge in [0.2, 0.25) is 0 Å². The van der Waals surface area contributed by atoms with E-state index < -0.39 is 7.92 Å². The maximum Gasteiger partial charge on any atom is 0.119 e. The third-order valence-corrected chi connectivity index (χ3v) is 9.10. The number of hydrogen-bond donors (Lipinski definition) is 0. The van der Waals surface area contributed by atoms with Gasteiger partial charge in [-0.1, -0.05) is 109 Å². The van der Waals surface area contributed by atoms with Crippen LogP contribution in [-0.4, -0.2) is 7.11 Å². The minimum absolute atomic E-state index is 0.293. The Labute approximate surface area is 190 Å². The van der Waals surface area contributed by atoms with Gasteiger partial charge in [0.25, 0.3) is 0 Å². The zero-order chi connectivity index (χ0) is 21.5. The molecule has 4 aromatic carbocycles. The zero-order valence-corrected chi connectivity index (χ0v) is 18.8. The summed E-state index contributed by atoms with van der Waals surface area (Å²) in [6.07, 6.45) is 5.03. The molecule has 0 aromatic heterocycles. The van der Waals surface area contributed by atoms with Crippen molar-refractivity contribution in [2.75, 3.05) is 7.11 Å². The van der Waals surface area contributed by atoms with E-state index >= 15 is 0 Å². The quantitative estimate of drug-likeness (QED) is 0.311. The minimum atomic E-state index is -0.672. The molecule has 32 heavy (non-hydrogen) atoms. The molecule has 0 fully saturated rings. The van der Waals surface area contributed by atoms with Crippen LogP contribution < -0.4 is 10.0 Å². The van der Waals surface area contributed by atoms with Crippen molar-refractivity contribution in [2.45, 2.75) is 5.41 Å².